The highest BCUT2D eigenvalue weighted by Gasteiger charge is 2.30. The van der Waals surface area contributed by atoms with Gasteiger partial charge in [-0.3, -0.25) is 0 Å². The number of halogens is 1. The molecule has 1 heterocycles. The zero-order chi connectivity index (χ0) is 10.9. The average molecular weight is 291 g/mol. The maximum atomic E-state index is 11.3. The first-order chi connectivity index (χ1) is 7.05. The monoisotopic (exact) mass is 290 g/mol. The standard InChI is InChI=1S/C10H12BrNO2S/c11-8-2-1-3-9(6-8)12-10-4-5-15(13,14)7-10/h1-3,6,10,12H,4-5,7H2/p+1. The van der Waals surface area contributed by atoms with Crippen molar-refractivity contribution in [2.45, 2.75) is 12.5 Å². The van der Waals surface area contributed by atoms with Crippen molar-refractivity contribution in [1.82, 2.24) is 0 Å². The third-order valence-corrected chi connectivity index (χ3v) is 4.83. The van der Waals surface area contributed by atoms with Crippen LogP contribution in [0.15, 0.2) is 28.7 Å². The maximum absolute atomic E-state index is 11.3. The third-order valence-electron chi connectivity index (χ3n) is 2.54. The van der Waals surface area contributed by atoms with E-state index in [4.69, 9.17) is 0 Å². The molecule has 2 N–H and O–H groups in total. The van der Waals surface area contributed by atoms with Gasteiger partial charge in [0, 0.05) is 17.0 Å². The largest absolute Gasteiger partial charge is 0.311 e. The Bertz CT molecular complexity index is 458. The molecule has 15 heavy (non-hydrogen) atoms. The van der Waals surface area contributed by atoms with Crippen LogP contribution in [0.5, 0.6) is 0 Å². The van der Waals surface area contributed by atoms with E-state index in [0.29, 0.717) is 11.5 Å². The molecule has 0 amide bonds. The Labute approximate surface area is 97.9 Å². The fraction of sp³-hybridized carbons (Fsp3) is 0.400. The van der Waals surface area contributed by atoms with Crippen molar-refractivity contribution in [3.63, 3.8) is 0 Å². The summed E-state index contributed by atoms with van der Waals surface area (Å²) >= 11 is 3.40. The normalized spacial score (nSPS) is 24.2. The highest BCUT2D eigenvalue weighted by atomic mass is 79.9. The van der Waals surface area contributed by atoms with Crippen LogP contribution < -0.4 is 5.32 Å². The van der Waals surface area contributed by atoms with Crippen LogP contribution in [0.25, 0.3) is 0 Å². The molecule has 0 spiro atoms. The van der Waals surface area contributed by atoms with Crippen LogP contribution in [-0.4, -0.2) is 26.0 Å². The van der Waals surface area contributed by atoms with Gasteiger partial charge in [0.2, 0.25) is 0 Å². The molecule has 1 atom stereocenters. The molecule has 1 aromatic carbocycles. The lowest BCUT2D eigenvalue weighted by molar-refractivity contribution is -0.605. The van der Waals surface area contributed by atoms with Crippen LogP contribution in [0, 0.1) is 0 Å². The van der Waals surface area contributed by atoms with Gasteiger partial charge in [0.05, 0.1) is 5.75 Å². The second-order valence-electron chi connectivity index (χ2n) is 3.88. The number of benzene rings is 1. The smallest absolute Gasteiger partial charge is 0.156 e. The van der Waals surface area contributed by atoms with Gasteiger partial charge in [-0.25, -0.2) is 8.42 Å². The minimum absolute atomic E-state index is 0.185. The fourth-order valence-electron chi connectivity index (χ4n) is 1.84. The van der Waals surface area contributed by atoms with E-state index < -0.39 is 9.84 Å². The van der Waals surface area contributed by atoms with E-state index in [1.54, 1.807) is 0 Å². The number of hydrogen-bond donors (Lipinski definition) is 1. The molecule has 1 aliphatic heterocycles. The lowest BCUT2D eigenvalue weighted by atomic mass is 10.2. The third kappa shape index (κ3) is 3.03. The van der Waals surface area contributed by atoms with E-state index >= 15 is 0 Å². The summed E-state index contributed by atoms with van der Waals surface area (Å²) in [6, 6.07) is 8.10. The van der Waals surface area contributed by atoms with Crippen molar-refractivity contribution in [3.05, 3.63) is 28.7 Å². The van der Waals surface area contributed by atoms with Gasteiger partial charge in [0.15, 0.2) is 9.84 Å². The summed E-state index contributed by atoms with van der Waals surface area (Å²) in [4.78, 5) is 0. The van der Waals surface area contributed by atoms with Crippen LogP contribution in [0.4, 0.5) is 5.69 Å². The fourth-order valence-corrected chi connectivity index (χ4v) is 4.00. The Morgan fingerprint density at radius 2 is 2.20 bits per heavy atom. The Morgan fingerprint density at radius 3 is 2.80 bits per heavy atom. The first kappa shape index (κ1) is 11.1. The lowest BCUT2D eigenvalue weighted by Gasteiger charge is -2.06. The van der Waals surface area contributed by atoms with E-state index in [1.807, 2.05) is 24.3 Å². The minimum atomic E-state index is -2.77. The summed E-state index contributed by atoms with van der Waals surface area (Å²) in [5.41, 5.74) is 1.09. The van der Waals surface area contributed by atoms with Gasteiger partial charge < -0.3 is 5.32 Å². The highest BCUT2D eigenvalue weighted by molar-refractivity contribution is 9.10. The molecule has 0 aliphatic carbocycles. The zero-order valence-electron chi connectivity index (χ0n) is 8.19. The van der Waals surface area contributed by atoms with Crippen LogP contribution in [-0.2, 0) is 9.84 Å². The summed E-state index contributed by atoms with van der Waals surface area (Å²) in [7, 11) is -2.77. The number of hydrogen-bond acceptors (Lipinski definition) is 2. The first-order valence-electron chi connectivity index (χ1n) is 4.86. The molecule has 5 heteroatoms. The molecule has 1 fully saturated rings. The topological polar surface area (TPSA) is 50.8 Å². The Balaban J connectivity index is 2.05. The van der Waals surface area contributed by atoms with Crippen molar-refractivity contribution in [2.24, 2.45) is 0 Å². The molecule has 1 saturated heterocycles. The Morgan fingerprint density at radius 1 is 1.40 bits per heavy atom. The van der Waals surface area contributed by atoms with E-state index in [1.165, 1.54) is 0 Å². The molecule has 2 rings (SSSR count). The number of sulfone groups is 1. The number of quaternary nitrogens is 1. The molecule has 1 aliphatic rings. The van der Waals surface area contributed by atoms with Crippen LogP contribution in [0.3, 0.4) is 0 Å². The molecule has 0 saturated carbocycles. The second-order valence-corrected chi connectivity index (χ2v) is 7.03. The zero-order valence-corrected chi connectivity index (χ0v) is 10.6. The predicted octanol–water partition coefficient (Wildman–Crippen LogP) is 0.831. The van der Waals surface area contributed by atoms with Crippen molar-refractivity contribution in [1.29, 1.82) is 0 Å². The molecule has 82 valence electrons. The molecular formula is C10H13BrNO2S+. The molecule has 0 bridgehead atoms. The van der Waals surface area contributed by atoms with Gasteiger partial charge in [-0.05, 0) is 12.1 Å². The summed E-state index contributed by atoms with van der Waals surface area (Å²) in [5, 5.41) is 2.05. The highest BCUT2D eigenvalue weighted by Crippen LogP contribution is 2.14. The van der Waals surface area contributed by atoms with E-state index in [0.717, 1.165) is 16.6 Å². The quantitative estimate of drug-likeness (QED) is 0.821. The summed E-state index contributed by atoms with van der Waals surface area (Å²) < 4.78 is 23.6. The Hall–Kier alpha value is -0.390. The van der Waals surface area contributed by atoms with E-state index in [2.05, 4.69) is 21.2 Å². The molecule has 0 aromatic heterocycles. The first-order valence-corrected chi connectivity index (χ1v) is 7.47. The summed E-state index contributed by atoms with van der Waals surface area (Å²) in [6.07, 6.45) is 0.759. The van der Waals surface area contributed by atoms with Gasteiger partial charge >= 0.3 is 0 Å². The van der Waals surface area contributed by atoms with Gasteiger partial charge in [-0.15, -0.1) is 0 Å². The molecular weight excluding hydrogens is 278 g/mol. The van der Waals surface area contributed by atoms with Gasteiger partial charge in [0.1, 0.15) is 17.5 Å². The Kier molecular flexibility index (Phi) is 3.13. The van der Waals surface area contributed by atoms with Crippen LogP contribution in [0.2, 0.25) is 0 Å². The SMILES string of the molecule is O=S1(=O)CCC([NH2+]c2cccc(Br)c2)C1. The summed E-state index contributed by atoms with van der Waals surface area (Å²) in [6.45, 7) is 0. The van der Waals surface area contributed by atoms with Gasteiger partial charge in [-0.1, -0.05) is 22.0 Å². The maximum Gasteiger partial charge on any atom is 0.156 e. The van der Waals surface area contributed by atoms with Gasteiger partial charge in [0.25, 0.3) is 0 Å². The van der Waals surface area contributed by atoms with Crippen molar-refractivity contribution < 1.29 is 13.7 Å². The molecule has 1 unspecified atom stereocenters. The molecule has 1 aromatic rings. The predicted molar refractivity (Wildman–Crippen MR) is 62.8 cm³/mol. The van der Waals surface area contributed by atoms with E-state index in [-0.39, 0.29) is 6.04 Å². The van der Waals surface area contributed by atoms with Gasteiger partial charge in [-0.2, -0.15) is 0 Å². The molecule has 0 radical (unpaired) electrons. The van der Waals surface area contributed by atoms with Crippen molar-refractivity contribution in [3.8, 4) is 0 Å². The minimum Gasteiger partial charge on any atom is -0.311 e. The van der Waals surface area contributed by atoms with Crippen LogP contribution in [0.1, 0.15) is 6.42 Å². The van der Waals surface area contributed by atoms with E-state index in [9.17, 15) is 8.42 Å². The number of rotatable bonds is 2. The number of nitrogens with two attached hydrogens (primary N) is 1. The lowest BCUT2D eigenvalue weighted by Crippen LogP contribution is -2.85. The van der Waals surface area contributed by atoms with Crippen molar-refractivity contribution in [2.75, 3.05) is 11.5 Å². The van der Waals surface area contributed by atoms with Crippen LogP contribution >= 0.6 is 15.9 Å². The van der Waals surface area contributed by atoms with Crippen molar-refractivity contribution >= 4 is 31.5 Å². The summed E-state index contributed by atoms with van der Waals surface area (Å²) in [5.74, 6) is 0.641. The average Bonchev–Trinajstić information content (AvgIpc) is 2.45. The molecule has 3 nitrogen and oxygen atoms in total. The second kappa shape index (κ2) is 4.23.